The number of thiophene rings is 1. The molecule has 0 fully saturated rings. The van der Waals surface area contributed by atoms with Crippen LogP contribution >= 0.6 is 23.1 Å². The molecule has 0 unspecified atom stereocenters. The number of amidine groups is 1. The number of aryl methyl sites for hydroxylation is 1. The minimum Gasteiger partial charge on any atom is -0.475 e. The van der Waals surface area contributed by atoms with Crippen LogP contribution in [0.3, 0.4) is 0 Å². The van der Waals surface area contributed by atoms with Crippen molar-refractivity contribution < 1.29 is 54.6 Å². The minimum absolute atomic E-state index is 0.0273. The molecule has 0 bridgehead atoms. The minimum atomic E-state index is -5.08. The van der Waals surface area contributed by atoms with Crippen LogP contribution in [0.2, 0.25) is 0 Å². The molecule has 240 valence electrons. The van der Waals surface area contributed by atoms with E-state index in [4.69, 9.17) is 42.4 Å². The number of aliphatic carboxylic acids is 2. The second-order valence-electron chi connectivity index (χ2n) is 8.05. The third-order valence-electron chi connectivity index (χ3n) is 4.81. The number of carboxylic acids is 2. The molecule has 3 aromatic rings. The molecule has 11 nitrogen and oxygen atoms in total. The van der Waals surface area contributed by atoms with Gasteiger partial charge in [-0.15, -0.1) is 23.1 Å². The fourth-order valence-electron chi connectivity index (χ4n) is 2.97. The summed E-state index contributed by atoms with van der Waals surface area (Å²) < 4.78 is 90.7. The maximum atomic E-state index is 13.3. The third-order valence-corrected chi connectivity index (χ3v) is 9.15. The average Bonchev–Trinajstić information content (AvgIpc) is 3.34. The van der Waals surface area contributed by atoms with E-state index in [1.54, 1.807) is 30.5 Å². The van der Waals surface area contributed by atoms with Gasteiger partial charge in [0.05, 0.1) is 24.6 Å². The van der Waals surface area contributed by atoms with Crippen molar-refractivity contribution >= 4 is 62.4 Å². The molecule has 20 heteroatoms. The largest absolute Gasteiger partial charge is 0.490 e. The highest BCUT2D eigenvalue weighted by molar-refractivity contribution is 8.01. The Hall–Kier alpha value is -4.30. The lowest BCUT2D eigenvalue weighted by Gasteiger charge is -2.10. The van der Waals surface area contributed by atoms with Crippen molar-refractivity contribution in [2.24, 2.45) is 22.2 Å². The predicted molar refractivity (Wildman–Crippen MR) is 152 cm³/mol. The van der Waals surface area contributed by atoms with Crippen LogP contribution in [0.15, 0.2) is 67.5 Å². The predicted octanol–water partition coefficient (Wildman–Crippen LogP) is 4.73. The summed E-state index contributed by atoms with van der Waals surface area (Å²) in [4.78, 5) is 22.6. The first-order chi connectivity index (χ1) is 20.0. The zero-order valence-corrected chi connectivity index (χ0v) is 24.8. The number of carbonyl (C=O) groups is 2. The van der Waals surface area contributed by atoms with E-state index in [0.717, 1.165) is 16.7 Å². The Bertz CT molecular complexity index is 1640. The molecule has 0 radical (unpaired) electrons. The van der Waals surface area contributed by atoms with Gasteiger partial charge >= 0.3 is 24.3 Å². The number of hydrogen-bond acceptors (Lipinski definition) is 8. The molecule has 3 rings (SSSR count). The maximum Gasteiger partial charge on any atom is 0.490 e. The van der Waals surface area contributed by atoms with Gasteiger partial charge in [0.25, 0.3) is 0 Å². The van der Waals surface area contributed by atoms with Gasteiger partial charge in [0.2, 0.25) is 9.84 Å². The monoisotopic (exact) mass is 687 g/mol. The normalized spacial score (nSPS) is 11.3. The number of hydrogen-bond donors (Lipinski definition) is 6. The molecule has 44 heavy (non-hydrogen) atoms. The molecule has 1 aromatic heterocycles. The van der Waals surface area contributed by atoms with Crippen molar-refractivity contribution in [3.8, 4) is 11.1 Å². The van der Waals surface area contributed by atoms with Crippen LogP contribution in [-0.4, -0.2) is 61.0 Å². The number of aliphatic imine (C=N–C) groups is 1. The van der Waals surface area contributed by atoms with Crippen LogP contribution in [0.25, 0.3) is 11.1 Å². The second-order valence-corrected chi connectivity index (χ2v) is 12.1. The SMILES string of the molecule is CSc1sc(C(=N)N)cc1S(=O)(=O)c1cccc(-c2ccc(N=C(N)N)cc2C)c1.O=C(O)C(F)(F)F.O=C(O)C(F)(F)F. The smallest absolute Gasteiger partial charge is 0.475 e. The van der Waals surface area contributed by atoms with Crippen LogP contribution in [0.1, 0.15) is 10.4 Å². The molecule has 0 saturated carbocycles. The molecule has 2 aromatic carbocycles. The quantitative estimate of drug-likeness (QED) is 0.0904. The summed E-state index contributed by atoms with van der Waals surface area (Å²) in [6.07, 6.45) is -8.37. The Labute approximate surface area is 253 Å². The first-order valence-corrected chi connectivity index (χ1v) is 14.7. The Balaban J connectivity index is 0.000000574. The lowest BCUT2D eigenvalue weighted by molar-refractivity contribution is -0.193. The number of nitrogens with zero attached hydrogens (tertiary/aromatic N) is 1. The molecule has 0 atom stereocenters. The molecule has 9 N–H and O–H groups in total. The van der Waals surface area contributed by atoms with Gasteiger partial charge in [-0.05, 0) is 60.2 Å². The zero-order chi connectivity index (χ0) is 34.2. The topological polar surface area (TPSA) is 223 Å². The number of nitrogens with two attached hydrogens (primary N) is 3. The highest BCUT2D eigenvalue weighted by atomic mass is 32.2. The number of nitrogen functional groups attached to an aromatic ring is 1. The maximum absolute atomic E-state index is 13.3. The number of guanidine groups is 1. The van der Waals surface area contributed by atoms with E-state index < -0.39 is 34.1 Å². The fourth-order valence-corrected chi connectivity index (χ4v) is 6.87. The highest BCUT2D eigenvalue weighted by Gasteiger charge is 2.38. The molecule has 0 saturated heterocycles. The summed E-state index contributed by atoms with van der Waals surface area (Å²) in [7, 11) is -3.78. The summed E-state index contributed by atoms with van der Waals surface area (Å²) in [6, 6.07) is 13.7. The van der Waals surface area contributed by atoms with Crippen LogP contribution in [0.4, 0.5) is 32.0 Å². The Morgan fingerprint density at radius 2 is 1.45 bits per heavy atom. The molecular weight excluding hydrogens is 664 g/mol. The number of alkyl halides is 6. The number of rotatable bonds is 6. The number of thioether (sulfide) groups is 1. The van der Waals surface area contributed by atoms with E-state index in [9.17, 15) is 34.8 Å². The lowest BCUT2D eigenvalue weighted by atomic mass is 10.0. The summed E-state index contributed by atoms with van der Waals surface area (Å²) in [5.74, 6) is -5.69. The summed E-state index contributed by atoms with van der Waals surface area (Å²) in [5.41, 5.74) is 19.6. The number of nitrogens with one attached hydrogen (secondary N) is 1. The molecule has 0 aliphatic carbocycles. The van der Waals surface area contributed by atoms with Crippen LogP contribution in [0.5, 0.6) is 0 Å². The van der Waals surface area contributed by atoms with Crippen molar-refractivity contribution in [2.45, 2.75) is 33.3 Å². The van der Waals surface area contributed by atoms with Crippen molar-refractivity contribution in [2.75, 3.05) is 6.26 Å². The molecule has 0 spiro atoms. The van der Waals surface area contributed by atoms with Crippen molar-refractivity contribution in [3.63, 3.8) is 0 Å². The van der Waals surface area contributed by atoms with Gasteiger partial charge in [-0.3, -0.25) is 5.41 Å². The standard InChI is InChI=1S/C20H21N5O2S3.2C2HF3O2/c1-11-8-13(25-20(23)24)6-7-15(11)12-4-3-5-14(9-12)30(26,27)17-10-16(18(21)22)29-19(17)28-2;2*3-2(4,5)1(6)7/h3-10H,1-2H3,(H3,21,22)(H4,23,24,25);2*(H,6,7). The summed E-state index contributed by atoms with van der Waals surface area (Å²) >= 11 is 2.52. The summed E-state index contributed by atoms with van der Waals surface area (Å²) in [6.45, 7) is 1.91. The first kappa shape index (κ1) is 37.7. The number of halogens is 6. The first-order valence-electron chi connectivity index (χ1n) is 11.2. The number of carboxylic acid groups (broad SMARTS) is 2. The summed E-state index contributed by atoms with van der Waals surface area (Å²) in [5, 5.41) is 21.9. The van der Waals surface area contributed by atoms with E-state index in [2.05, 4.69) is 4.99 Å². The molecule has 0 amide bonds. The van der Waals surface area contributed by atoms with E-state index in [0.29, 0.717) is 14.8 Å². The van der Waals surface area contributed by atoms with Crippen molar-refractivity contribution in [3.05, 3.63) is 59.0 Å². The Morgan fingerprint density at radius 3 is 1.86 bits per heavy atom. The third kappa shape index (κ3) is 10.8. The van der Waals surface area contributed by atoms with E-state index in [1.807, 2.05) is 25.1 Å². The van der Waals surface area contributed by atoms with Crippen molar-refractivity contribution in [1.82, 2.24) is 0 Å². The molecule has 0 aliphatic rings. The van der Waals surface area contributed by atoms with Gasteiger partial charge in [0.1, 0.15) is 5.84 Å². The average molecular weight is 688 g/mol. The number of benzene rings is 2. The van der Waals surface area contributed by atoms with Gasteiger partial charge in [-0.1, -0.05) is 18.2 Å². The number of sulfone groups is 1. The molecule has 0 aliphatic heterocycles. The van der Waals surface area contributed by atoms with E-state index in [1.165, 1.54) is 29.2 Å². The Morgan fingerprint density at radius 1 is 0.932 bits per heavy atom. The lowest BCUT2D eigenvalue weighted by Crippen LogP contribution is -2.21. The molecule has 1 heterocycles. The van der Waals surface area contributed by atoms with Gasteiger partial charge in [0.15, 0.2) is 5.96 Å². The van der Waals surface area contributed by atoms with Gasteiger partial charge in [-0.2, -0.15) is 26.3 Å². The van der Waals surface area contributed by atoms with Gasteiger partial charge in [-0.25, -0.2) is 23.0 Å². The van der Waals surface area contributed by atoms with Crippen LogP contribution in [-0.2, 0) is 19.4 Å². The van der Waals surface area contributed by atoms with Crippen molar-refractivity contribution in [1.29, 1.82) is 5.41 Å². The van der Waals surface area contributed by atoms with Crippen LogP contribution in [0, 0.1) is 12.3 Å². The zero-order valence-electron chi connectivity index (χ0n) is 22.3. The second kappa shape index (κ2) is 14.9. The van der Waals surface area contributed by atoms with E-state index in [-0.39, 0.29) is 21.6 Å². The van der Waals surface area contributed by atoms with E-state index >= 15 is 0 Å². The Kier molecular flexibility index (Phi) is 12.8. The highest BCUT2D eigenvalue weighted by Crippen LogP contribution is 2.38. The fraction of sp³-hybridized carbons (Fsp3) is 0.167. The van der Waals surface area contributed by atoms with Gasteiger partial charge < -0.3 is 27.4 Å². The molecular formula is C24H23F6N5O6S3. The van der Waals surface area contributed by atoms with Gasteiger partial charge in [0, 0.05) is 0 Å². The van der Waals surface area contributed by atoms with Crippen LogP contribution < -0.4 is 17.2 Å².